The van der Waals surface area contributed by atoms with Crippen molar-refractivity contribution in [3.8, 4) is 0 Å². The number of hydrogen-bond donors (Lipinski definition) is 1. The van der Waals surface area contributed by atoms with E-state index in [1.165, 1.54) is 6.20 Å². The fourth-order valence-corrected chi connectivity index (χ4v) is 3.55. The molecule has 112 valence electrons. The lowest BCUT2D eigenvalue weighted by Gasteiger charge is -2.20. The molecule has 2 aromatic rings. The molecule has 0 bridgehead atoms. The Hall–Kier alpha value is -1.47. The second-order valence-corrected chi connectivity index (χ2v) is 6.37. The van der Waals surface area contributed by atoms with Crippen LogP contribution in [-0.4, -0.2) is 20.9 Å². The van der Waals surface area contributed by atoms with Gasteiger partial charge in [0, 0.05) is 11.6 Å². The van der Waals surface area contributed by atoms with Crippen LogP contribution < -0.4 is 4.72 Å². The number of nitrogens with one attached hydrogen (secondary N) is 1. The Bertz CT molecular complexity index is 726. The molecule has 1 aliphatic rings. The van der Waals surface area contributed by atoms with Gasteiger partial charge in [0.05, 0.1) is 0 Å². The van der Waals surface area contributed by atoms with Crippen molar-refractivity contribution in [3.63, 3.8) is 0 Å². The first-order chi connectivity index (χ1) is 9.84. The number of rotatable bonds is 3. The van der Waals surface area contributed by atoms with Gasteiger partial charge < -0.3 is 0 Å². The van der Waals surface area contributed by atoms with E-state index in [0.717, 1.165) is 10.9 Å². The lowest BCUT2D eigenvalue weighted by molar-refractivity contribution is -0.160. The van der Waals surface area contributed by atoms with Crippen LogP contribution >= 0.6 is 0 Å². The maximum Gasteiger partial charge on any atom is 0.407 e. The van der Waals surface area contributed by atoms with Gasteiger partial charge in [-0.3, -0.25) is 0 Å². The second-order valence-electron chi connectivity index (χ2n) is 5.24. The van der Waals surface area contributed by atoms with Crippen molar-refractivity contribution in [1.29, 1.82) is 0 Å². The molecule has 0 radical (unpaired) electrons. The van der Waals surface area contributed by atoms with Gasteiger partial charge in [-0.2, -0.15) is 13.2 Å². The van der Waals surface area contributed by atoms with Gasteiger partial charge in [0.1, 0.15) is 21.6 Å². The highest BCUT2D eigenvalue weighted by Crippen LogP contribution is 2.49. The summed E-state index contributed by atoms with van der Waals surface area (Å²) in [6.07, 6.45) is -2.97. The van der Waals surface area contributed by atoms with Gasteiger partial charge in [-0.25, -0.2) is 13.9 Å². The van der Waals surface area contributed by atoms with Crippen molar-refractivity contribution in [2.75, 3.05) is 0 Å². The Morgan fingerprint density at radius 2 is 1.86 bits per heavy atom. The summed E-state index contributed by atoms with van der Waals surface area (Å²) in [7, 11) is -2.00. The lowest BCUT2D eigenvalue weighted by atomic mass is 10.1. The predicted molar refractivity (Wildman–Crippen MR) is 74.0 cm³/mol. The lowest BCUT2D eigenvalue weighted by Crippen LogP contribution is -2.45. The Labute approximate surface area is 122 Å². The molecule has 1 unspecified atom stereocenters. The number of aromatic nitrogens is 1. The summed E-state index contributed by atoms with van der Waals surface area (Å²) >= 11 is 0. The molecule has 1 aromatic carbocycles. The molecule has 1 fully saturated rings. The Balaban J connectivity index is 1.98. The third kappa shape index (κ3) is 2.44. The van der Waals surface area contributed by atoms with E-state index in [1.807, 2.05) is 19.1 Å². The molecule has 7 heteroatoms. The van der Waals surface area contributed by atoms with E-state index in [2.05, 4.69) is 9.71 Å². The molecule has 1 saturated carbocycles. The minimum Gasteiger partial charge on any atom is -0.245 e. The fraction of sp³-hybridized carbons (Fsp3) is 0.357. The van der Waals surface area contributed by atoms with Crippen molar-refractivity contribution in [2.24, 2.45) is 0 Å². The van der Waals surface area contributed by atoms with Crippen LogP contribution in [-0.2, 0) is 11.0 Å². The van der Waals surface area contributed by atoms with E-state index in [4.69, 9.17) is 0 Å². The highest BCUT2D eigenvalue weighted by Gasteiger charge is 2.64. The highest BCUT2D eigenvalue weighted by molar-refractivity contribution is 7.83. The van der Waals surface area contributed by atoms with Crippen LogP contribution in [0.3, 0.4) is 0 Å². The molecule has 1 heterocycles. The van der Waals surface area contributed by atoms with Crippen molar-refractivity contribution in [2.45, 2.75) is 36.5 Å². The Morgan fingerprint density at radius 3 is 2.43 bits per heavy atom. The average molecular weight is 314 g/mol. The topological polar surface area (TPSA) is 42.0 Å². The molecule has 3 nitrogen and oxygen atoms in total. The van der Waals surface area contributed by atoms with E-state index in [0.29, 0.717) is 5.39 Å². The van der Waals surface area contributed by atoms with E-state index in [-0.39, 0.29) is 17.9 Å². The number of alkyl halides is 3. The molecular formula is C14H13F3N2OS. The van der Waals surface area contributed by atoms with Gasteiger partial charge in [0.25, 0.3) is 0 Å². The summed E-state index contributed by atoms with van der Waals surface area (Å²) in [4.78, 5) is 4.07. The van der Waals surface area contributed by atoms with Crippen LogP contribution in [0, 0.1) is 6.92 Å². The molecule has 0 spiro atoms. The number of pyridine rings is 1. The molecule has 1 aromatic heterocycles. The minimum atomic E-state index is -4.40. The molecule has 0 aliphatic heterocycles. The third-order valence-electron chi connectivity index (χ3n) is 3.71. The summed E-state index contributed by atoms with van der Waals surface area (Å²) in [5, 5.41) is 1.60. The zero-order valence-corrected chi connectivity index (χ0v) is 12.0. The summed E-state index contributed by atoms with van der Waals surface area (Å²) in [6.45, 7) is 1.85. The van der Waals surface area contributed by atoms with Crippen LogP contribution in [0.1, 0.15) is 18.4 Å². The zero-order valence-electron chi connectivity index (χ0n) is 11.2. The van der Waals surface area contributed by atoms with Gasteiger partial charge in [0.15, 0.2) is 0 Å². The van der Waals surface area contributed by atoms with Crippen LogP contribution in [0.2, 0.25) is 0 Å². The van der Waals surface area contributed by atoms with Crippen LogP contribution in [0.25, 0.3) is 10.8 Å². The monoisotopic (exact) mass is 314 g/mol. The van der Waals surface area contributed by atoms with E-state index in [1.54, 1.807) is 12.1 Å². The summed E-state index contributed by atoms with van der Waals surface area (Å²) < 4.78 is 53.3. The summed E-state index contributed by atoms with van der Waals surface area (Å²) in [6, 6.07) is 7.13. The number of fused-ring (bicyclic) bond motifs is 1. The van der Waals surface area contributed by atoms with Gasteiger partial charge in [-0.05, 0) is 30.7 Å². The first-order valence-electron chi connectivity index (χ1n) is 6.45. The largest absolute Gasteiger partial charge is 0.407 e. The summed E-state index contributed by atoms with van der Waals surface area (Å²) in [5.74, 6) is 0. The van der Waals surface area contributed by atoms with Crippen LogP contribution in [0.5, 0.6) is 0 Å². The van der Waals surface area contributed by atoms with Crippen molar-refractivity contribution in [1.82, 2.24) is 9.71 Å². The van der Waals surface area contributed by atoms with Crippen LogP contribution in [0.4, 0.5) is 13.2 Å². The first kappa shape index (κ1) is 14.5. The quantitative estimate of drug-likeness (QED) is 0.945. The van der Waals surface area contributed by atoms with E-state index in [9.17, 15) is 17.4 Å². The predicted octanol–water partition coefficient (Wildman–Crippen LogP) is 3.25. The maximum atomic E-state index is 12.9. The molecule has 21 heavy (non-hydrogen) atoms. The van der Waals surface area contributed by atoms with Crippen molar-refractivity contribution in [3.05, 3.63) is 36.0 Å². The van der Waals surface area contributed by atoms with Crippen LogP contribution in [0.15, 0.2) is 35.5 Å². The third-order valence-corrected chi connectivity index (χ3v) is 4.97. The van der Waals surface area contributed by atoms with Gasteiger partial charge in [-0.15, -0.1) is 0 Å². The number of halogens is 3. The highest BCUT2D eigenvalue weighted by atomic mass is 32.2. The van der Waals surface area contributed by atoms with Gasteiger partial charge in [-0.1, -0.05) is 24.3 Å². The number of benzene rings is 1. The fourth-order valence-electron chi connectivity index (χ4n) is 2.25. The average Bonchev–Trinajstić information content (AvgIpc) is 3.20. The van der Waals surface area contributed by atoms with E-state index < -0.39 is 22.7 Å². The Kier molecular flexibility index (Phi) is 3.29. The van der Waals surface area contributed by atoms with E-state index >= 15 is 0 Å². The molecule has 3 rings (SSSR count). The number of aryl methyl sites for hydroxylation is 1. The molecular weight excluding hydrogens is 301 g/mol. The standard InChI is InChI=1S/C14H13F3N2OS/c1-9-8-18-12(11-5-3-2-4-10(9)11)21(20)19-13(6-7-13)14(15,16)17/h2-5,8,19H,6-7H2,1H3. The van der Waals surface area contributed by atoms with Gasteiger partial charge in [0.2, 0.25) is 0 Å². The van der Waals surface area contributed by atoms with Crippen molar-refractivity contribution >= 4 is 21.8 Å². The number of hydrogen-bond acceptors (Lipinski definition) is 2. The van der Waals surface area contributed by atoms with Gasteiger partial charge >= 0.3 is 6.18 Å². The Morgan fingerprint density at radius 1 is 1.24 bits per heavy atom. The maximum absolute atomic E-state index is 12.9. The molecule has 0 amide bonds. The summed E-state index contributed by atoms with van der Waals surface area (Å²) in [5.41, 5.74) is -1.13. The minimum absolute atomic E-state index is 0.0496. The molecule has 1 aliphatic carbocycles. The first-order valence-corrected chi connectivity index (χ1v) is 7.60. The molecule has 0 saturated heterocycles. The zero-order chi connectivity index (χ0) is 15.3. The second kappa shape index (κ2) is 4.78. The normalized spacial score (nSPS) is 18.7. The molecule has 1 atom stereocenters. The number of nitrogens with zero attached hydrogens (tertiary/aromatic N) is 1. The smallest absolute Gasteiger partial charge is 0.245 e. The van der Waals surface area contributed by atoms with Crippen molar-refractivity contribution < 1.29 is 17.4 Å². The SMILES string of the molecule is Cc1cnc(S(=O)NC2(C(F)(F)F)CC2)c2ccccc12. The molecule has 1 N–H and O–H groups in total.